The van der Waals surface area contributed by atoms with Crippen LogP contribution in [0.15, 0.2) is 97.3 Å². The molecule has 1 atom stereocenters. The van der Waals surface area contributed by atoms with E-state index in [2.05, 4.69) is 72.8 Å². The number of hydrogen-bond acceptors (Lipinski definition) is 3. The van der Waals surface area contributed by atoms with Crippen molar-refractivity contribution in [1.82, 2.24) is 0 Å². The Balaban J connectivity index is 1.63. The van der Waals surface area contributed by atoms with Crippen molar-refractivity contribution in [2.24, 2.45) is 0 Å². The van der Waals surface area contributed by atoms with E-state index in [4.69, 9.17) is 9.47 Å². The minimum Gasteiger partial charge on any atom is -0.501 e. The number of carbonyl (C=O) groups is 1. The molecule has 0 radical (unpaired) electrons. The Bertz CT molecular complexity index is 1360. The van der Waals surface area contributed by atoms with E-state index in [0.717, 1.165) is 45.9 Å². The Labute approximate surface area is 207 Å². The molecular formula is C32H30O3. The van der Waals surface area contributed by atoms with Gasteiger partial charge < -0.3 is 9.47 Å². The third kappa shape index (κ3) is 3.96. The van der Waals surface area contributed by atoms with Crippen molar-refractivity contribution in [3.63, 3.8) is 0 Å². The van der Waals surface area contributed by atoms with Gasteiger partial charge in [-0.1, -0.05) is 91.0 Å². The van der Waals surface area contributed by atoms with Gasteiger partial charge in [-0.3, -0.25) is 4.79 Å². The molecule has 1 aliphatic rings. The average molecular weight is 463 g/mol. The first-order valence-corrected chi connectivity index (χ1v) is 12.2. The summed E-state index contributed by atoms with van der Waals surface area (Å²) in [6.07, 6.45) is 5.26. The van der Waals surface area contributed by atoms with Crippen LogP contribution < -0.4 is 0 Å². The summed E-state index contributed by atoms with van der Waals surface area (Å²) in [5, 5.41) is 2.16. The van der Waals surface area contributed by atoms with Gasteiger partial charge in [0, 0.05) is 19.1 Å². The molecule has 3 heteroatoms. The van der Waals surface area contributed by atoms with Crippen molar-refractivity contribution in [3.8, 4) is 0 Å². The van der Waals surface area contributed by atoms with Gasteiger partial charge in [0.15, 0.2) is 5.78 Å². The number of ketones is 1. The maximum atomic E-state index is 14.3. The normalized spacial score (nSPS) is 16.9. The lowest BCUT2D eigenvalue weighted by Gasteiger charge is -2.31. The van der Waals surface area contributed by atoms with E-state index in [0.29, 0.717) is 13.2 Å². The van der Waals surface area contributed by atoms with E-state index in [9.17, 15) is 4.79 Å². The molecule has 0 N–H and O–H groups in total. The topological polar surface area (TPSA) is 35.5 Å². The highest BCUT2D eigenvalue weighted by Gasteiger charge is 2.49. The number of allylic oxidation sites excluding steroid dienone is 1. The lowest BCUT2D eigenvalue weighted by Crippen LogP contribution is -2.35. The van der Waals surface area contributed by atoms with Gasteiger partial charge in [-0.25, -0.2) is 0 Å². The van der Waals surface area contributed by atoms with Crippen LogP contribution in [0.1, 0.15) is 45.1 Å². The first-order chi connectivity index (χ1) is 17.2. The number of carbonyl (C=O) groups excluding carboxylic acids is 1. The Hall–Kier alpha value is -3.69. The molecule has 1 unspecified atom stereocenters. The highest BCUT2D eigenvalue weighted by atomic mass is 16.5. The van der Waals surface area contributed by atoms with E-state index in [1.54, 1.807) is 13.4 Å². The number of ether oxygens (including phenoxy) is 2. The summed E-state index contributed by atoms with van der Waals surface area (Å²) in [7, 11) is 1.72. The quantitative estimate of drug-likeness (QED) is 0.206. The molecule has 0 saturated carbocycles. The molecule has 0 fully saturated rings. The standard InChI is InChI=1S/C32H30O3/c1-3-20-35-22-19-24-12-16-27(17-13-24)32(26-14-10-23(11-15-26)18-21-34-2)29-9-5-7-25-6-4-8-28(30(25)29)31(32)33/h3-17,20H,18-19,21-22H2,1-2H3. The van der Waals surface area contributed by atoms with E-state index in [1.165, 1.54) is 11.1 Å². The van der Waals surface area contributed by atoms with Gasteiger partial charge in [-0.15, -0.1) is 0 Å². The molecular weight excluding hydrogens is 432 g/mol. The second-order valence-electron chi connectivity index (χ2n) is 9.02. The number of methoxy groups -OCH3 is 1. The number of hydrogen-bond donors (Lipinski definition) is 0. The van der Waals surface area contributed by atoms with Crippen LogP contribution >= 0.6 is 0 Å². The molecule has 0 bridgehead atoms. The van der Waals surface area contributed by atoms with Crippen molar-refractivity contribution in [3.05, 3.63) is 131 Å². The molecule has 35 heavy (non-hydrogen) atoms. The zero-order valence-corrected chi connectivity index (χ0v) is 20.3. The summed E-state index contributed by atoms with van der Waals surface area (Å²) >= 11 is 0. The van der Waals surface area contributed by atoms with Gasteiger partial charge >= 0.3 is 0 Å². The molecule has 0 aliphatic heterocycles. The lowest BCUT2D eigenvalue weighted by atomic mass is 9.68. The Kier molecular flexibility index (Phi) is 6.52. The lowest BCUT2D eigenvalue weighted by molar-refractivity contribution is 0.0945. The van der Waals surface area contributed by atoms with Crippen molar-refractivity contribution < 1.29 is 14.3 Å². The second kappa shape index (κ2) is 9.89. The first kappa shape index (κ1) is 23.1. The number of Topliss-reactive ketones (excluding diaryl/α,β-unsaturated/α-hetero) is 1. The smallest absolute Gasteiger partial charge is 0.182 e. The van der Waals surface area contributed by atoms with Gasteiger partial charge in [-0.2, -0.15) is 0 Å². The van der Waals surface area contributed by atoms with Crippen molar-refractivity contribution in [2.75, 3.05) is 20.3 Å². The fourth-order valence-corrected chi connectivity index (χ4v) is 5.31. The number of benzene rings is 4. The van der Waals surface area contributed by atoms with Crippen LogP contribution in [0.3, 0.4) is 0 Å². The minimum atomic E-state index is -0.872. The summed E-state index contributed by atoms with van der Waals surface area (Å²) in [4.78, 5) is 14.3. The van der Waals surface area contributed by atoms with Gasteiger partial charge in [0.05, 0.1) is 19.5 Å². The van der Waals surface area contributed by atoms with Crippen LogP contribution in [0, 0.1) is 0 Å². The van der Waals surface area contributed by atoms with Crippen LogP contribution in [-0.2, 0) is 27.7 Å². The molecule has 0 heterocycles. The van der Waals surface area contributed by atoms with Gasteiger partial charge in [0.25, 0.3) is 0 Å². The van der Waals surface area contributed by atoms with Gasteiger partial charge in [0.1, 0.15) is 5.41 Å². The summed E-state index contributed by atoms with van der Waals surface area (Å²) in [6, 6.07) is 29.3. The molecule has 1 aliphatic carbocycles. The van der Waals surface area contributed by atoms with E-state index >= 15 is 0 Å². The zero-order valence-electron chi connectivity index (χ0n) is 20.3. The molecule has 4 aromatic rings. The van der Waals surface area contributed by atoms with Crippen LogP contribution in [0.2, 0.25) is 0 Å². The summed E-state index contributed by atoms with van der Waals surface area (Å²) < 4.78 is 10.7. The first-order valence-electron chi connectivity index (χ1n) is 12.2. The maximum Gasteiger partial charge on any atom is 0.182 e. The summed E-state index contributed by atoms with van der Waals surface area (Å²) in [5.41, 5.74) is 5.36. The number of rotatable bonds is 9. The third-order valence-electron chi connectivity index (χ3n) is 7.00. The summed E-state index contributed by atoms with van der Waals surface area (Å²) in [5.74, 6) is 0.137. The Morgan fingerprint density at radius 2 is 1.37 bits per heavy atom. The van der Waals surface area contributed by atoms with Crippen LogP contribution in [0.25, 0.3) is 10.8 Å². The fraction of sp³-hybridized carbons (Fsp3) is 0.219. The van der Waals surface area contributed by atoms with E-state index < -0.39 is 5.41 Å². The van der Waals surface area contributed by atoms with Crippen molar-refractivity contribution >= 4 is 16.6 Å². The SMILES string of the molecule is CC=COCCc1ccc(C2(c3ccc(CCOC)cc3)C(=O)c3cccc4cccc2c34)cc1. The third-order valence-corrected chi connectivity index (χ3v) is 7.00. The van der Waals surface area contributed by atoms with Crippen LogP contribution in [0.5, 0.6) is 0 Å². The molecule has 5 rings (SSSR count). The van der Waals surface area contributed by atoms with E-state index in [1.807, 2.05) is 25.1 Å². The van der Waals surface area contributed by atoms with Crippen molar-refractivity contribution in [2.45, 2.75) is 25.2 Å². The highest BCUT2D eigenvalue weighted by Crippen LogP contribution is 2.50. The highest BCUT2D eigenvalue weighted by molar-refractivity contribution is 6.23. The van der Waals surface area contributed by atoms with Gasteiger partial charge in [-0.05, 0) is 51.9 Å². The average Bonchev–Trinajstić information content (AvgIpc) is 3.16. The largest absolute Gasteiger partial charge is 0.501 e. The summed E-state index contributed by atoms with van der Waals surface area (Å²) in [6.45, 7) is 3.24. The molecule has 0 spiro atoms. The molecule has 0 aromatic heterocycles. The zero-order chi connectivity index (χ0) is 24.3. The predicted molar refractivity (Wildman–Crippen MR) is 141 cm³/mol. The maximum absolute atomic E-state index is 14.3. The second-order valence-corrected chi connectivity index (χ2v) is 9.02. The Morgan fingerprint density at radius 1 is 0.771 bits per heavy atom. The molecule has 3 nitrogen and oxygen atoms in total. The van der Waals surface area contributed by atoms with Crippen LogP contribution in [-0.4, -0.2) is 26.1 Å². The monoisotopic (exact) mass is 462 g/mol. The Morgan fingerprint density at radius 3 is 1.97 bits per heavy atom. The minimum absolute atomic E-state index is 0.137. The molecule has 0 saturated heterocycles. The predicted octanol–water partition coefficient (Wildman–Crippen LogP) is 6.65. The van der Waals surface area contributed by atoms with Gasteiger partial charge in [0.2, 0.25) is 0 Å². The molecule has 4 aromatic carbocycles. The fourth-order valence-electron chi connectivity index (χ4n) is 5.31. The van der Waals surface area contributed by atoms with E-state index in [-0.39, 0.29) is 5.78 Å². The molecule has 176 valence electrons. The molecule has 0 amide bonds. The van der Waals surface area contributed by atoms with Crippen molar-refractivity contribution in [1.29, 1.82) is 0 Å². The van der Waals surface area contributed by atoms with Crippen LogP contribution in [0.4, 0.5) is 0 Å².